The fraction of sp³-hybridized carbons (Fsp3) is 1.00. The highest BCUT2D eigenvalue weighted by atomic mass is 32.2. The fourth-order valence-electron chi connectivity index (χ4n) is 3.63. The number of hydrogen-bond donors (Lipinski definition) is 1. The Labute approximate surface area is 142 Å². The smallest absolute Gasteiger partial charge is 0.294 e. The van der Waals surface area contributed by atoms with Gasteiger partial charge in [0.1, 0.15) is 24.4 Å². The zero-order valence-electron chi connectivity index (χ0n) is 12.7. The monoisotopic (exact) mass is 365 g/mol. The van der Waals surface area contributed by atoms with Crippen molar-refractivity contribution in [2.75, 3.05) is 33.0 Å². The predicted molar refractivity (Wildman–Crippen MR) is 77.7 cm³/mol. The van der Waals surface area contributed by atoms with Crippen LogP contribution in [0.1, 0.15) is 0 Å². The van der Waals surface area contributed by atoms with E-state index in [2.05, 4.69) is 4.84 Å². The lowest BCUT2D eigenvalue weighted by atomic mass is 10.0. The standard InChI is InChI=1S/C13H19NO9S/c15-7-3-19-10-6(1-18-11(7)10)2-22-24-9-5-21-12-8(23-14(16)17)4-20-13(9)12/h6-13,15H,1-5H2/t6-,7-,8-,9?,10?,11?,12?,13?/m1/s1. The molecule has 1 N–H and O–H groups in total. The summed E-state index contributed by atoms with van der Waals surface area (Å²) in [6, 6.07) is 0. The van der Waals surface area contributed by atoms with Crippen molar-refractivity contribution in [2.24, 2.45) is 5.92 Å². The fourth-order valence-corrected chi connectivity index (χ4v) is 4.53. The van der Waals surface area contributed by atoms with E-state index < -0.39 is 23.4 Å². The van der Waals surface area contributed by atoms with Crippen LogP contribution in [0.3, 0.4) is 0 Å². The first-order valence-corrected chi connectivity index (χ1v) is 8.68. The summed E-state index contributed by atoms with van der Waals surface area (Å²) in [6.45, 7) is 1.75. The van der Waals surface area contributed by atoms with E-state index in [0.717, 1.165) is 0 Å². The molecular formula is C13H19NO9S. The summed E-state index contributed by atoms with van der Waals surface area (Å²) in [5.74, 6) is 0.0767. The number of aliphatic hydroxyl groups is 1. The molecule has 0 aromatic rings. The normalized spacial score (nSPS) is 46.9. The molecule has 8 atom stereocenters. The van der Waals surface area contributed by atoms with Crippen molar-refractivity contribution < 1.29 is 38.2 Å². The molecule has 0 radical (unpaired) electrons. The Balaban J connectivity index is 1.23. The second-order valence-electron chi connectivity index (χ2n) is 6.31. The van der Waals surface area contributed by atoms with Crippen molar-refractivity contribution >= 4 is 12.0 Å². The van der Waals surface area contributed by atoms with Crippen LogP contribution in [0.15, 0.2) is 0 Å². The van der Waals surface area contributed by atoms with Gasteiger partial charge < -0.3 is 33.1 Å². The van der Waals surface area contributed by atoms with Gasteiger partial charge >= 0.3 is 0 Å². The van der Waals surface area contributed by atoms with Crippen LogP contribution in [0.5, 0.6) is 0 Å². The third-order valence-electron chi connectivity index (χ3n) is 4.79. The molecule has 0 amide bonds. The number of aliphatic hydroxyl groups excluding tert-OH is 1. The van der Waals surface area contributed by atoms with Gasteiger partial charge in [-0.3, -0.25) is 0 Å². The van der Waals surface area contributed by atoms with Crippen molar-refractivity contribution in [2.45, 2.75) is 41.9 Å². The van der Waals surface area contributed by atoms with Crippen molar-refractivity contribution in [3.63, 3.8) is 0 Å². The van der Waals surface area contributed by atoms with Crippen LogP contribution >= 0.6 is 12.0 Å². The predicted octanol–water partition coefficient (Wildman–Crippen LogP) is -0.831. The number of rotatable bonds is 6. The van der Waals surface area contributed by atoms with Gasteiger partial charge in [-0.1, -0.05) is 0 Å². The van der Waals surface area contributed by atoms with E-state index in [1.165, 1.54) is 12.0 Å². The van der Waals surface area contributed by atoms with Crippen LogP contribution in [-0.2, 0) is 28.0 Å². The summed E-state index contributed by atoms with van der Waals surface area (Å²) in [7, 11) is 0. The molecule has 0 spiro atoms. The van der Waals surface area contributed by atoms with E-state index in [1.807, 2.05) is 0 Å². The molecule has 4 aliphatic heterocycles. The second-order valence-corrected chi connectivity index (χ2v) is 7.34. The molecule has 0 bridgehead atoms. The molecule has 4 saturated heterocycles. The average Bonchev–Trinajstić information content (AvgIpc) is 3.26. The van der Waals surface area contributed by atoms with Crippen molar-refractivity contribution in [1.29, 1.82) is 0 Å². The molecule has 5 unspecified atom stereocenters. The molecule has 136 valence electrons. The van der Waals surface area contributed by atoms with E-state index in [-0.39, 0.29) is 36.1 Å². The van der Waals surface area contributed by atoms with Gasteiger partial charge in [-0.2, -0.15) is 0 Å². The molecule has 10 nitrogen and oxygen atoms in total. The Hall–Kier alpha value is -0.690. The number of hydrogen-bond acceptors (Lipinski definition) is 10. The summed E-state index contributed by atoms with van der Waals surface area (Å²) >= 11 is 1.25. The van der Waals surface area contributed by atoms with Crippen LogP contribution in [0.25, 0.3) is 0 Å². The van der Waals surface area contributed by atoms with Crippen molar-refractivity contribution in [3.8, 4) is 0 Å². The van der Waals surface area contributed by atoms with Crippen molar-refractivity contribution in [1.82, 2.24) is 0 Å². The minimum atomic E-state index is -0.816. The summed E-state index contributed by atoms with van der Waals surface area (Å²) in [4.78, 5) is 15.0. The van der Waals surface area contributed by atoms with Crippen LogP contribution in [0, 0.1) is 16.0 Å². The molecule has 4 aliphatic rings. The maximum atomic E-state index is 10.5. The van der Waals surface area contributed by atoms with Crippen LogP contribution in [0.2, 0.25) is 0 Å². The van der Waals surface area contributed by atoms with E-state index in [9.17, 15) is 15.2 Å². The Morgan fingerprint density at radius 2 is 1.79 bits per heavy atom. The minimum absolute atomic E-state index is 0.0661. The lowest BCUT2D eigenvalue weighted by Crippen LogP contribution is -2.33. The van der Waals surface area contributed by atoms with E-state index >= 15 is 0 Å². The Bertz CT molecular complexity index is 482. The first kappa shape index (κ1) is 16.8. The maximum Gasteiger partial charge on any atom is 0.294 e. The summed E-state index contributed by atoms with van der Waals surface area (Å²) < 4.78 is 28.0. The lowest BCUT2D eigenvalue weighted by Gasteiger charge is -2.18. The molecular weight excluding hydrogens is 346 g/mol. The third-order valence-corrected chi connectivity index (χ3v) is 5.71. The van der Waals surface area contributed by atoms with Crippen LogP contribution in [0.4, 0.5) is 0 Å². The van der Waals surface area contributed by atoms with Gasteiger partial charge in [-0.15, -0.1) is 10.1 Å². The molecule has 4 rings (SSSR count). The van der Waals surface area contributed by atoms with E-state index in [1.54, 1.807) is 0 Å². The lowest BCUT2D eigenvalue weighted by molar-refractivity contribution is -0.769. The van der Waals surface area contributed by atoms with Gasteiger partial charge in [0.15, 0.2) is 6.10 Å². The average molecular weight is 365 g/mol. The molecule has 4 fully saturated rings. The van der Waals surface area contributed by atoms with Gasteiger partial charge in [0, 0.05) is 5.92 Å². The molecule has 0 aromatic carbocycles. The first-order valence-electron chi connectivity index (χ1n) is 7.87. The minimum Gasteiger partial charge on any atom is -0.388 e. The highest BCUT2D eigenvalue weighted by Gasteiger charge is 2.51. The highest BCUT2D eigenvalue weighted by Crippen LogP contribution is 2.37. The van der Waals surface area contributed by atoms with Crippen LogP contribution < -0.4 is 0 Å². The maximum absolute atomic E-state index is 10.5. The van der Waals surface area contributed by atoms with Gasteiger partial charge in [0.2, 0.25) is 0 Å². The van der Waals surface area contributed by atoms with Gasteiger partial charge in [-0.05, 0) is 12.0 Å². The second kappa shape index (κ2) is 6.90. The topological polar surface area (TPSA) is 119 Å². The van der Waals surface area contributed by atoms with E-state index in [0.29, 0.717) is 26.4 Å². The Morgan fingerprint density at radius 3 is 2.62 bits per heavy atom. The molecule has 24 heavy (non-hydrogen) atoms. The van der Waals surface area contributed by atoms with Crippen molar-refractivity contribution in [3.05, 3.63) is 10.1 Å². The highest BCUT2D eigenvalue weighted by molar-refractivity contribution is 7.95. The SMILES string of the molecule is O=[N+]([O-])O[C@@H]1COC2C(SOC[C@H]3COC4C3OC[C@H]4O)COC21. The molecule has 0 saturated carbocycles. The zero-order chi connectivity index (χ0) is 16.7. The Kier molecular flexibility index (Phi) is 4.82. The molecule has 11 heteroatoms. The zero-order valence-corrected chi connectivity index (χ0v) is 13.5. The van der Waals surface area contributed by atoms with Gasteiger partial charge in [0.25, 0.3) is 5.09 Å². The molecule has 0 aromatic heterocycles. The number of nitrogens with zero attached hydrogens (tertiary/aromatic N) is 1. The molecule has 4 heterocycles. The summed E-state index contributed by atoms with van der Waals surface area (Å²) in [5, 5.41) is 19.3. The number of ether oxygens (including phenoxy) is 4. The first-order chi connectivity index (χ1) is 11.6. The molecule has 0 aliphatic carbocycles. The van der Waals surface area contributed by atoms with Gasteiger partial charge in [-0.25, -0.2) is 0 Å². The number of fused-ring (bicyclic) bond motifs is 2. The van der Waals surface area contributed by atoms with Gasteiger partial charge in [0.05, 0.1) is 44.4 Å². The van der Waals surface area contributed by atoms with Crippen LogP contribution in [-0.4, -0.2) is 85.1 Å². The summed E-state index contributed by atoms with van der Waals surface area (Å²) in [5.41, 5.74) is 0. The van der Waals surface area contributed by atoms with E-state index in [4.69, 9.17) is 23.1 Å². The third kappa shape index (κ3) is 3.09. The Morgan fingerprint density at radius 1 is 1.04 bits per heavy atom. The quantitative estimate of drug-likeness (QED) is 0.363. The largest absolute Gasteiger partial charge is 0.388 e. The summed E-state index contributed by atoms with van der Waals surface area (Å²) in [6.07, 6.45) is -2.37.